The van der Waals surface area contributed by atoms with Crippen LogP contribution < -0.4 is 15.1 Å². The topological polar surface area (TPSA) is 72.9 Å². The van der Waals surface area contributed by atoms with E-state index in [9.17, 15) is 8.42 Å². The van der Waals surface area contributed by atoms with E-state index in [1.165, 1.54) is 33.5 Å². The quantitative estimate of drug-likeness (QED) is 0.0840. The molecule has 7 heteroatoms. The molecule has 4 rings (SSSR count). The Morgan fingerprint density at radius 3 is 1.64 bits per heavy atom. The number of hydrogen-bond donors (Lipinski definition) is 2. The van der Waals surface area contributed by atoms with Crippen LogP contribution in [0.5, 0.6) is 0 Å². The summed E-state index contributed by atoms with van der Waals surface area (Å²) in [7, 11) is -3.93. The summed E-state index contributed by atoms with van der Waals surface area (Å²) < 4.78 is 31.2. The number of nitrogens with zero attached hydrogens (tertiary/aromatic N) is 2. The van der Waals surface area contributed by atoms with E-state index in [4.69, 9.17) is 4.55 Å². The minimum Gasteiger partial charge on any atom is -0.385 e. The molecular formula is C35H45N3O3S. The highest BCUT2D eigenvalue weighted by atomic mass is 32.2. The Kier molecular flexibility index (Phi) is 10.9. The summed E-state index contributed by atoms with van der Waals surface area (Å²) in [6.45, 7) is 13.3. The van der Waals surface area contributed by atoms with Crippen LogP contribution in [0, 0.1) is 0 Å². The number of benzene rings is 4. The van der Waals surface area contributed by atoms with Gasteiger partial charge in [-0.2, -0.15) is 8.42 Å². The molecule has 2 N–H and O–H groups in total. The minimum absolute atomic E-state index is 0.0511. The number of hydrogen-bond acceptors (Lipinski definition) is 5. The molecule has 0 aliphatic heterocycles. The van der Waals surface area contributed by atoms with Crippen LogP contribution in [0.2, 0.25) is 0 Å². The summed E-state index contributed by atoms with van der Waals surface area (Å²) >= 11 is 0. The van der Waals surface area contributed by atoms with Gasteiger partial charge in [-0.15, -0.1) is 0 Å². The van der Waals surface area contributed by atoms with E-state index < -0.39 is 10.1 Å². The lowest BCUT2D eigenvalue weighted by Gasteiger charge is -2.26. The maximum absolute atomic E-state index is 11.1. The van der Waals surface area contributed by atoms with Crippen LogP contribution in [-0.4, -0.2) is 51.4 Å². The van der Waals surface area contributed by atoms with Gasteiger partial charge in [0, 0.05) is 61.1 Å². The van der Waals surface area contributed by atoms with Gasteiger partial charge in [-0.1, -0.05) is 54.6 Å². The summed E-state index contributed by atoms with van der Waals surface area (Å²) in [6, 6.07) is 30.9. The molecule has 0 aliphatic carbocycles. The number of anilines is 3. The molecule has 6 nitrogen and oxygen atoms in total. The lowest BCUT2D eigenvalue weighted by molar-refractivity contribution is 0.480. The molecule has 0 amide bonds. The van der Waals surface area contributed by atoms with Gasteiger partial charge in [-0.25, -0.2) is 0 Å². The van der Waals surface area contributed by atoms with E-state index in [1.54, 1.807) is 0 Å². The minimum atomic E-state index is -3.93. The van der Waals surface area contributed by atoms with Crippen LogP contribution in [0.1, 0.15) is 63.1 Å². The molecule has 0 fully saturated rings. The highest BCUT2D eigenvalue weighted by molar-refractivity contribution is 7.85. The Bertz CT molecular complexity index is 1470. The van der Waals surface area contributed by atoms with Crippen molar-refractivity contribution >= 4 is 38.0 Å². The summed E-state index contributed by atoms with van der Waals surface area (Å²) in [5, 5.41) is 5.82. The molecule has 0 unspecified atom stereocenters. The normalized spacial score (nSPS) is 11.7. The van der Waals surface area contributed by atoms with Gasteiger partial charge in [-0.05, 0) is 92.9 Å². The highest BCUT2D eigenvalue weighted by Crippen LogP contribution is 2.39. The van der Waals surface area contributed by atoms with Gasteiger partial charge >= 0.3 is 0 Å². The Morgan fingerprint density at radius 1 is 0.667 bits per heavy atom. The molecule has 0 saturated heterocycles. The predicted octanol–water partition coefficient (Wildman–Crippen LogP) is 7.79. The first kappa shape index (κ1) is 31.4. The lowest BCUT2D eigenvalue weighted by atomic mass is 9.82. The molecule has 0 saturated carbocycles. The van der Waals surface area contributed by atoms with Gasteiger partial charge in [0.2, 0.25) is 0 Å². The second kappa shape index (κ2) is 14.6. The molecule has 0 spiro atoms. The number of fused-ring (bicyclic) bond motifs is 1. The van der Waals surface area contributed by atoms with Crippen molar-refractivity contribution < 1.29 is 13.0 Å². The third-order valence-electron chi connectivity index (χ3n) is 8.12. The van der Waals surface area contributed by atoms with Crippen molar-refractivity contribution in [1.82, 2.24) is 0 Å². The summed E-state index contributed by atoms with van der Waals surface area (Å²) in [5.74, 6) is -0.161. The SMILES string of the molecule is CCN(CC)c1ccc(C(c2ccc(N(CC)CC)cc2)c2ccc(NCCCCS(=O)(=O)O)c3ccccc23)cc1. The molecule has 4 aromatic rings. The van der Waals surface area contributed by atoms with Gasteiger partial charge in [0.25, 0.3) is 10.1 Å². The van der Waals surface area contributed by atoms with Crippen molar-refractivity contribution in [2.45, 2.75) is 46.5 Å². The zero-order valence-electron chi connectivity index (χ0n) is 25.4. The summed E-state index contributed by atoms with van der Waals surface area (Å²) in [5.41, 5.74) is 7.23. The zero-order chi connectivity index (χ0) is 30.1. The smallest absolute Gasteiger partial charge is 0.264 e. The van der Waals surface area contributed by atoms with E-state index >= 15 is 0 Å². The van der Waals surface area contributed by atoms with Crippen molar-refractivity contribution in [2.75, 3.05) is 53.6 Å². The summed E-state index contributed by atoms with van der Waals surface area (Å²) in [6.07, 6.45) is 1.06. The van der Waals surface area contributed by atoms with Crippen molar-refractivity contribution in [1.29, 1.82) is 0 Å². The Balaban J connectivity index is 1.74. The molecule has 42 heavy (non-hydrogen) atoms. The molecule has 0 bridgehead atoms. The average Bonchev–Trinajstić information content (AvgIpc) is 3.00. The van der Waals surface area contributed by atoms with Gasteiger partial charge in [-0.3, -0.25) is 4.55 Å². The third kappa shape index (κ3) is 7.64. The van der Waals surface area contributed by atoms with Crippen LogP contribution in [0.4, 0.5) is 17.1 Å². The molecule has 0 aromatic heterocycles. The number of nitrogens with one attached hydrogen (secondary N) is 1. The Morgan fingerprint density at radius 2 is 1.17 bits per heavy atom. The van der Waals surface area contributed by atoms with Crippen LogP contribution >= 0.6 is 0 Å². The first-order chi connectivity index (χ1) is 20.3. The first-order valence-corrected chi connectivity index (χ1v) is 16.8. The second-order valence-electron chi connectivity index (χ2n) is 10.6. The Labute approximate surface area is 252 Å². The van der Waals surface area contributed by atoms with Gasteiger partial charge in [0.1, 0.15) is 0 Å². The molecule has 0 radical (unpaired) electrons. The van der Waals surface area contributed by atoms with Crippen molar-refractivity contribution in [3.05, 3.63) is 102 Å². The van der Waals surface area contributed by atoms with E-state index in [0.29, 0.717) is 19.4 Å². The van der Waals surface area contributed by atoms with Crippen molar-refractivity contribution in [3.63, 3.8) is 0 Å². The van der Waals surface area contributed by atoms with E-state index in [-0.39, 0.29) is 11.7 Å². The fourth-order valence-electron chi connectivity index (χ4n) is 5.85. The zero-order valence-corrected chi connectivity index (χ0v) is 26.2. The number of unbranched alkanes of at least 4 members (excludes halogenated alkanes) is 1. The average molecular weight is 588 g/mol. The molecule has 0 atom stereocenters. The van der Waals surface area contributed by atoms with Gasteiger partial charge in [0.05, 0.1) is 5.75 Å². The first-order valence-electron chi connectivity index (χ1n) is 15.2. The number of rotatable bonds is 15. The standard InChI is InChI=1S/C35H45N3O3S/c1-5-37(6-2)29-19-15-27(16-20-29)35(28-17-21-30(22-18-28)38(7-3)8-4)33-23-24-34(32-14-10-9-13-31(32)33)36-25-11-12-26-42(39,40)41/h9-10,13-24,35-36H,5-8,11-12,25-26H2,1-4H3,(H,39,40,41). The molecule has 0 aliphatic rings. The largest absolute Gasteiger partial charge is 0.385 e. The monoisotopic (exact) mass is 587 g/mol. The summed E-state index contributed by atoms with van der Waals surface area (Å²) in [4.78, 5) is 4.73. The predicted molar refractivity (Wildman–Crippen MR) is 179 cm³/mol. The van der Waals surface area contributed by atoms with Crippen LogP contribution in [0.25, 0.3) is 10.8 Å². The fourth-order valence-corrected chi connectivity index (χ4v) is 6.41. The van der Waals surface area contributed by atoms with E-state index in [1.807, 2.05) is 0 Å². The van der Waals surface area contributed by atoms with E-state index in [2.05, 4.69) is 128 Å². The molecule has 224 valence electrons. The van der Waals surface area contributed by atoms with Crippen LogP contribution in [0.15, 0.2) is 84.9 Å². The molecular weight excluding hydrogens is 542 g/mol. The van der Waals surface area contributed by atoms with Crippen LogP contribution in [-0.2, 0) is 10.1 Å². The Hall–Kier alpha value is -3.55. The van der Waals surface area contributed by atoms with Gasteiger partial charge < -0.3 is 15.1 Å². The van der Waals surface area contributed by atoms with Gasteiger partial charge in [0.15, 0.2) is 0 Å². The maximum Gasteiger partial charge on any atom is 0.264 e. The molecule has 0 heterocycles. The second-order valence-corrected chi connectivity index (χ2v) is 12.2. The van der Waals surface area contributed by atoms with Crippen molar-refractivity contribution in [3.8, 4) is 0 Å². The lowest BCUT2D eigenvalue weighted by Crippen LogP contribution is -2.22. The van der Waals surface area contributed by atoms with Crippen LogP contribution in [0.3, 0.4) is 0 Å². The third-order valence-corrected chi connectivity index (χ3v) is 8.93. The highest BCUT2D eigenvalue weighted by Gasteiger charge is 2.21. The maximum atomic E-state index is 11.1. The van der Waals surface area contributed by atoms with Crippen molar-refractivity contribution in [2.24, 2.45) is 0 Å². The fraction of sp³-hybridized carbons (Fsp3) is 0.371. The van der Waals surface area contributed by atoms with E-state index in [0.717, 1.165) is 37.3 Å². The molecule has 4 aromatic carbocycles.